The van der Waals surface area contributed by atoms with Crippen molar-refractivity contribution in [1.82, 2.24) is 5.32 Å². The second kappa shape index (κ2) is 6.86. The molecule has 0 radical (unpaired) electrons. The highest BCUT2D eigenvalue weighted by atomic mass is 16.5. The number of carbonyl (C=O) groups is 1. The molecule has 4 heteroatoms. The van der Waals surface area contributed by atoms with Crippen LogP contribution in [0, 0.1) is 5.41 Å². The van der Waals surface area contributed by atoms with Gasteiger partial charge in [-0.15, -0.1) is 0 Å². The standard InChI is InChI=1S/C16H24N2O2/c1-16(9-5-10-17-12-16)15(19)18-14-7-4-3-6-13(14)8-11-20-2/h3-4,6-7,17H,5,8-12H2,1-2H3,(H,18,19). The number of carbonyl (C=O) groups excluding carboxylic acids is 1. The summed E-state index contributed by atoms with van der Waals surface area (Å²) in [6.07, 6.45) is 2.79. The lowest BCUT2D eigenvalue weighted by atomic mass is 9.82. The third-order valence-electron chi connectivity index (χ3n) is 3.99. The molecule has 2 rings (SSSR count). The highest BCUT2D eigenvalue weighted by Gasteiger charge is 2.34. The minimum absolute atomic E-state index is 0.106. The van der Waals surface area contributed by atoms with Gasteiger partial charge in [0.1, 0.15) is 0 Å². The third kappa shape index (κ3) is 3.58. The fourth-order valence-corrected chi connectivity index (χ4v) is 2.60. The Morgan fingerprint density at radius 1 is 1.45 bits per heavy atom. The number of hydrogen-bond donors (Lipinski definition) is 2. The van der Waals surface area contributed by atoms with Crippen LogP contribution in [0.1, 0.15) is 25.3 Å². The minimum atomic E-state index is -0.313. The van der Waals surface area contributed by atoms with Gasteiger partial charge >= 0.3 is 0 Å². The van der Waals surface area contributed by atoms with E-state index in [1.807, 2.05) is 31.2 Å². The molecule has 0 spiro atoms. The van der Waals surface area contributed by atoms with Gasteiger partial charge in [0.15, 0.2) is 0 Å². The predicted molar refractivity (Wildman–Crippen MR) is 80.9 cm³/mol. The zero-order valence-electron chi connectivity index (χ0n) is 12.4. The monoisotopic (exact) mass is 276 g/mol. The molecule has 110 valence electrons. The topological polar surface area (TPSA) is 50.4 Å². The number of rotatable bonds is 5. The number of ether oxygens (including phenoxy) is 1. The first-order valence-electron chi connectivity index (χ1n) is 7.25. The van der Waals surface area contributed by atoms with Crippen molar-refractivity contribution in [3.05, 3.63) is 29.8 Å². The van der Waals surface area contributed by atoms with Crippen molar-refractivity contribution in [2.45, 2.75) is 26.2 Å². The van der Waals surface area contributed by atoms with Crippen LogP contribution in [-0.2, 0) is 16.0 Å². The predicted octanol–water partition coefficient (Wildman–Crippen LogP) is 2.20. The molecule has 0 aliphatic carbocycles. The molecule has 20 heavy (non-hydrogen) atoms. The lowest BCUT2D eigenvalue weighted by Crippen LogP contribution is -2.46. The number of hydrogen-bond acceptors (Lipinski definition) is 3. The molecule has 1 aromatic rings. The smallest absolute Gasteiger partial charge is 0.231 e. The molecule has 1 fully saturated rings. The molecule has 1 aliphatic rings. The summed E-state index contributed by atoms with van der Waals surface area (Å²) in [5.74, 6) is 0.106. The van der Waals surface area contributed by atoms with Gasteiger partial charge in [-0.1, -0.05) is 18.2 Å². The van der Waals surface area contributed by atoms with Crippen LogP contribution >= 0.6 is 0 Å². The summed E-state index contributed by atoms with van der Waals surface area (Å²) in [4.78, 5) is 12.5. The lowest BCUT2D eigenvalue weighted by Gasteiger charge is -2.32. The first-order valence-corrected chi connectivity index (χ1v) is 7.25. The molecule has 1 aromatic carbocycles. The Hall–Kier alpha value is -1.39. The number of amides is 1. The Morgan fingerprint density at radius 2 is 2.25 bits per heavy atom. The van der Waals surface area contributed by atoms with Gasteiger partial charge in [0.05, 0.1) is 12.0 Å². The van der Waals surface area contributed by atoms with Crippen LogP contribution in [0.2, 0.25) is 0 Å². The van der Waals surface area contributed by atoms with Crippen molar-refractivity contribution in [1.29, 1.82) is 0 Å². The van der Waals surface area contributed by atoms with Crippen molar-refractivity contribution < 1.29 is 9.53 Å². The number of para-hydroxylation sites is 1. The Labute approximate surface area is 120 Å². The van der Waals surface area contributed by atoms with Crippen LogP contribution < -0.4 is 10.6 Å². The van der Waals surface area contributed by atoms with E-state index in [-0.39, 0.29) is 11.3 Å². The van der Waals surface area contributed by atoms with Crippen LogP contribution in [0.15, 0.2) is 24.3 Å². The first-order chi connectivity index (χ1) is 9.65. The summed E-state index contributed by atoms with van der Waals surface area (Å²) in [5, 5.41) is 6.41. The van der Waals surface area contributed by atoms with Crippen LogP contribution in [0.4, 0.5) is 5.69 Å². The van der Waals surface area contributed by atoms with E-state index < -0.39 is 0 Å². The van der Waals surface area contributed by atoms with E-state index in [2.05, 4.69) is 10.6 Å². The third-order valence-corrected chi connectivity index (χ3v) is 3.99. The van der Waals surface area contributed by atoms with Gasteiger partial charge in [-0.2, -0.15) is 0 Å². The molecule has 1 heterocycles. The maximum Gasteiger partial charge on any atom is 0.231 e. The van der Waals surface area contributed by atoms with Crippen molar-refractivity contribution in [2.24, 2.45) is 5.41 Å². The summed E-state index contributed by atoms with van der Waals surface area (Å²) in [7, 11) is 1.69. The van der Waals surface area contributed by atoms with Gasteiger partial charge in [0.25, 0.3) is 0 Å². The summed E-state index contributed by atoms with van der Waals surface area (Å²) in [6, 6.07) is 7.94. The number of benzene rings is 1. The Morgan fingerprint density at radius 3 is 2.95 bits per heavy atom. The Kier molecular flexibility index (Phi) is 5.15. The fraction of sp³-hybridized carbons (Fsp3) is 0.562. The minimum Gasteiger partial charge on any atom is -0.384 e. The molecular weight excluding hydrogens is 252 g/mol. The van der Waals surface area contributed by atoms with E-state index in [1.54, 1.807) is 7.11 Å². The molecule has 0 saturated carbocycles. The largest absolute Gasteiger partial charge is 0.384 e. The van der Waals surface area contributed by atoms with Crippen molar-refractivity contribution in [3.8, 4) is 0 Å². The van der Waals surface area contributed by atoms with Gasteiger partial charge in [-0.25, -0.2) is 0 Å². The second-order valence-corrected chi connectivity index (χ2v) is 5.70. The average Bonchev–Trinajstić information content (AvgIpc) is 2.47. The molecule has 1 saturated heterocycles. The zero-order valence-corrected chi connectivity index (χ0v) is 12.4. The number of methoxy groups -OCH3 is 1. The molecule has 1 unspecified atom stereocenters. The summed E-state index contributed by atoms with van der Waals surface area (Å²) in [5.41, 5.74) is 1.71. The van der Waals surface area contributed by atoms with E-state index in [1.165, 1.54) is 0 Å². The number of anilines is 1. The second-order valence-electron chi connectivity index (χ2n) is 5.70. The normalized spacial score (nSPS) is 22.5. The van der Waals surface area contributed by atoms with E-state index in [4.69, 9.17) is 4.74 Å². The Balaban J connectivity index is 2.07. The molecule has 2 N–H and O–H groups in total. The van der Waals surface area contributed by atoms with Crippen LogP contribution in [0.5, 0.6) is 0 Å². The quantitative estimate of drug-likeness (QED) is 0.867. The molecule has 0 bridgehead atoms. The van der Waals surface area contributed by atoms with E-state index in [0.717, 1.165) is 43.6 Å². The summed E-state index contributed by atoms with van der Waals surface area (Å²) < 4.78 is 5.12. The van der Waals surface area contributed by atoms with Gasteiger partial charge in [-0.05, 0) is 44.4 Å². The molecule has 1 atom stereocenters. The maximum atomic E-state index is 12.5. The molecule has 1 aliphatic heterocycles. The molecular formula is C16H24N2O2. The van der Waals surface area contributed by atoms with E-state index in [9.17, 15) is 4.79 Å². The fourth-order valence-electron chi connectivity index (χ4n) is 2.60. The molecule has 0 aromatic heterocycles. The van der Waals surface area contributed by atoms with E-state index in [0.29, 0.717) is 6.61 Å². The van der Waals surface area contributed by atoms with Crippen molar-refractivity contribution in [3.63, 3.8) is 0 Å². The Bertz CT molecular complexity index is 454. The summed E-state index contributed by atoms with van der Waals surface area (Å²) >= 11 is 0. The van der Waals surface area contributed by atoms with Crippen LogP contribution in [0.3, 0.4) is 0 Å². The molecule has 1 amide bonds. The van der Waals surface area contributed by atoms with E-state index >= 15 is 0 Å². The first kappa shape index (κ1) is 15.0. The number of nitrogens with one attached hydrogen (secondary N) is 2. The summed E-state index contributed by atoms with van der Waals surface area (Å²) in [6.45, 7) is 4.45. The van der Waals surface area contributed by atoms with Crippen molar-refractivity contribution in [2.75, 3.05) is 32.1 Å². The maximum absolute atomic E-state index is 12.5. The highest BCUT2D eigenvalue weighted by Crippen LogP contribution is 2.28. The van der Waals surface area contributed by atoms with Crippen LogP contribution in [-0.4, -0.2) is 32.7 Å². The van der Waals surface area contributed by atoms with Gasteiger partial charge in [0, 0.05) is 19.3 Å². The van der Waals surface area contributed by atoms with Gasteiger partial charge < -0.3 is 15.4 Å². The molecule has 4 nitrogen and oxygen atoms in total. The lowest BCUT2D eigenvalue weighted by molar-refractivity contribution is -0.125. The highest BCUT2D eigenvalue weighted by molar-refractivity contribution is 5.96. The van der Waals surface area contributed by atoms with Gasteiger partial charge in [0.2, 0.25) is 5.91 Å². The van der Waals surface area contributed by atoms with Crippen molar-refractivity contribution >= 4 is 11.6 Å². The average molecular weight is 276 g/mol. The van der Waals surface area contributed by atoms with Crippen LogP contribution in [0.25, 0.3) is 0 Å². The number of piperidine rings is 1. The SMILES string of the molecule is COCCc1ccccc1NC(=O)C1(C)CCCNC1. The zero-order chi connectivity index (χ0) is 14.4. The van der Waals surface area contributed by atoms with Gasteiger partial charge in [-0.3, -0.25) is 4.79 Å².